The van der Waals surface area contributed by atoms with E-state index >= 15 is 0 Å². The van der Waals surface area contributed by atoms with E-state index in [0.717, 1.165) is 0 Å². The van der Waals surface area contributed by atoms with Crippen molar-refractivity contribution in [2.24, 2.45) is 10.8 Å². The first-order chi connectivity index (χ1) is 16.1. The number of alkyl halides is 14. The van der Waals surface area contributed by atoms with E-state index in [0.29, 0.717) is 0 Å². The number of rotatable bonds is 6. The minimum absolute atomic E-state index is 0. The smallest absolute Gasteiger partial charge is 0.875 e. The van der Waals surface area contributed by atoms with Crippen LogP contribution in [0.25, 0.3) is 0 Å². The fourth-order valence-electron chi connectivity index (χ4n) is 1.52. The average Bonchev–Trinajstić information content (AvgIpc) is 2.64. The number of hydrogen-bond acceptors (Lipinski definition) is 4. The van der Waals surface area contributed by atoms with Crippen LogP contribution in [0.5, 0.6) is 0 Å². The monoisotopic (exact) mass is 653 g/mol. The van der Waals surface area contributed by atoms with E-state index in [-0.39, 0.29) is 17.1 Å². The van der Waals surface area contributed by atoms with Gasteiger partial charge < -0.3 is 10.2 Å². The van der Waals surface area contributed by atoms with E-state index in [1.807, 2.05) is 0 Å². The minimum Gasteiger partial charge on any atom is -0.875 e. The van der Waals surface area contributed by atoms with Gasteiger partial charge in [-0.25, -0.2) is 0 Å². The summed E-state index contributed by atoms with van der Waals surface area (Å²) in [6.45, 7) is 7.08. The van der Waals surface area contributed by atoms with Crippen molar-refractivity contribution in [3.63, 3.8) is 0 Å². The molecule has 0 aromatic carbocycles. The van der Waals surface area contributed by atoms with Crippen LogP contribution in [0.2, 0.25) is 0 Å². The third-order valence-corrected chi connectivity index (χ3v) is 4.12. The second-order valence-electron chi connectivity index (χ2n) is 9.54. The summed E-state index contributed by atoms with van der Waals surface area (Å²) >= 11 is 0. The van der Waals surface area contributed by atoms with Gasteiger partial charge in [0.15, 0.2) is 0 Å². The maximum absolute atomic E-state index is 12.8. The quantitative estimate of drug-likeness (QED) is 0.168. The zero-order valence-electron chi connectivity index (χ0n) is 20.4. The fourth-order valence-corrected chi connectivity index (χ4v) is 1.52. The third kappa shape index (κ3) is 9.53. The first kappa shape index (κ1) is 41.4. The van der Waals surface area contributed by atoms with Crippen LogP contribution in [-0.2, 0) is 26.7 Å². The predicted octanol–water partition coefficient (Wildman–Crippen LogP) is 5.35. The molecule has 0 rings (SSSR count). The molecule has 0 saturated carbocycles. The van der Waals surface area contributed by atoms with Gasteiger partial charge in [-0.2, -0.15) is 61.5 Å². The molecule has 39 heavy (non-hydrogen) atoms. The summed E-state index contributed by atoms with van der Waals surface area (Å²) in [7, 11) is 0. The average molecular weight is 654 g/mol. The van der Waals surface area contributed by atoms with Crippen LogP contribution in [0.4, 0.5) is 61.5 Å². The van der Waals surface area contributed by atoms with E-state index in [1.165, 1.54) is 41.5 Å². The van der Waals surface area contributed by atoms with Crippen molar-refractivity contribution >= 4 is 11.6 Å². The van der Waals surface area contributed by atoms with Crippen LogP contribution in [0.3, 0.4) is 0 Å². The van der Waals surface area contributed by atoms with Crippen LogP contribution in [0, 0.1) is 10.8 Å². The molecule has 0 aromatic rings. The Hall–Kier alpha value is -2.04. The van der Waals surface area contributed by atoms with Gasteiger partial charge in [-0.05, 0) is 23.0 Å². The van der Waals surface area contributed by atoms with Gasteiger partial charge >= 0.3 is 53.1 Å². The second kappa shape index (κ2) is 12.2. The van der Waals surface area contributed by atoms with Gasteiger partial charge in [0.05, 0.1) is 0 Å². The Labute approximate surface area is 222 Å². The maximum Gasteiger partial charge on any atom is 2.00 e. The molecule has 0 unspecified atom stereocenters. The molecule has 0 amide bonds. The summed E-state index contributed by atoms with van der Waals surface area (Å²) in [5.41, 5.74) is -2.72. The van der Waals surface area contributed by atoms with E-state index in [9.17, 15) is 81.3 Å². The van der Waals surface area contributed by atoms with Crippen molar-refractivity contribution in [1.82, 2.24) is 0 Å². The second-order valence-corrected chi connectivity index (χ2v) is 9.54. The first-order valence-corrected chi connectivity index (χ1v) is 9.62. The van der Waals surface area contributed by atoms with Gasteiger partial charge in [0.25, 0.3) is 0 Å². The molecule has 0 saturated heterocycles. The Balaban J connectivity index is -0.000000648. The molecule has 0 aliphatic rings. The first-order valence-electron chi connectivity index (χ1n) is 9.62. The molecule has 0 aliphatic heterocycles. The Morgan fingerprint density at radius 2 is 0.667 bits per heavy atom. The number of halogens is 14. The van der Waals surface area contributed by atoms with Crippen LogP contribution < -0.4 is 10.2 Å². The molecule has 0 aliphatic carbocycles. The van der Waals surface area contributed by atoms with Crippen molar-refractivity contribution in [3.8, 4) is 0 Å². The summed E-state index contributed by atoms with van der Waals surface area (Å²) in [5.74, 6) is -33.5. The zero-order chi connectivity index (χ0) is 31.7. The van der Waals surface area contributed by atoms with Gasteiger partial charge in [0.1, 0.15) is 0 Å². The van der Waals surface area contributed by atoms with Crippen LogP contribution in [-0.4, -0.2) is 47.6 Å². The predicted molar refractivity (Wildman–Crippen MR) is 97.0 cm³/mol. The van der Waals surface area contributed by atoms with Gasteiger partial charge in [0, 0.05) is 0 Å². The molecule has 0 aromatic heterocycles. The molecule has 233 valence electrons. The van der Waals surface area contributed by atoms with Crippen LogP contribution in [0.1, 0.15) is 41.5 Å². The van der Waals surface area contributed by atoms with E-state index < -0.39 is 82.1 Å². The summed E-state index contributed by atoms with van der Waals surface area (Å²) in [5, 5.41) is 22.3. The SMILES string of the molecule is CC(C)(C)/C([O-])=C/C(=O)C(F)(F)C(F)(F)C(F)(F)F.CC(C)(C)/C([O-])=C/C(=O)C(F)(F)C(F)(F)C(F)(F)F.[Cu+2]. The maximum atomic E-state index is 12.8. The van der Waals surface area contributed by atoms with Crippen molar-refractivity contribution < 1.29 is 98.3 Å². The van der Waals surface area contributed by atoms with Crippen molar-refractivity contribution in [1.29, 1.82) is 0 Å². The summed E-state index contributed by atoms with van der Waals surface area (Å²) in [6.07, 6.45) is -14.1. The fraction of sp³-hybridized carbons (Fsp3) is 0.700. The van der Waals surface area contributed by atoms with Crippen LogP contribution in [0.15, 0.2) is 23.7 Å². The molecular formula is C20H20CuF14O4. The van der Waals surface area contributed by atoms with E-state index in [2.05, 4.69) is 0 Å². The number of ketones is 2. The van der Waals surface area contributed by atoms with Crippen molar-refractivity contribution in [2.75, 3.05) is 0 Å². The number of carbonyl (C=O) groups excluding carboxylic acids is 2. The normalized spacial score (nSPS) is 15.2. The van der Waals surface area contributed by atoms with Gasteiger partial charge in [0.2, 0.25) is 11.6 Å². The summed E-state index contributed by atoms with van der Waals surface area (Å²) in [4.78, 5) is 21.6. The molecule has 1 radical (unpaired) electrons. The largest absolute Gasteiger partial charge is 2.00 e. The van der Waals surface area contributed by atoms with E-state index in [1.54, 1.807) is 0 Å². The van der Waals surface area contributed by atoms with Crippen molar-refractivity contribution in [2.45, 2.75) is 77.6 Å². The molecular weight excluding hydrogens is 634 g/mol. The molecule has 0 fully saturated rings. The Morgan fingerprint density at radius 3 is 0.795 bits per heavy atom. The minimum atomic E-state index is -6.61. The topological polar surface area (TPSA) is 80.3 Å². The third-order valence-electron chi connectivity index (χ3n) is 4.12. The van der Waals surface area contributed by atoms with Crippen molar-refractivity contribution in [3.05, 3.63) is 23.7 Å². The van der Waals surface area contributed by atoms with E-state index in [4.69, 9.17) is 0 Å². The zero-order valence-corrected chi connectivity index (χ0v) is 21.3. The standard InChI is InChI=1S/2C10H11F7O2.Cu/c2*1-7(2,3)5(18)4-6(19)8(11,12)9(13,14)10(15,16)17;/h2*4,18H,1-3H3;/q;;+2/p-2/b2*5-4-;. The van der Waals surface area contributed by atoms with Crippen LogP contribution >= 0.6 is 0 Å². The molecule has 0 N–H and O–H groups in total. The summed E-state index contributed by atoms with van der Waals surface area (Å²) in [6, 6.07) is 0. The van der Waals surface area contributed by atoms with Gasteiger partial charge in [-0.3, -0.25) is 9.59 Å². The Kier molecular flexibility index (Phi) is 13.0. The number of hydrogen-bond donors (Lipinski definition) is 0. The Morgan fingerprint density at radius 1 is 0.487 bits per heavy atom. The molecule has 0 spiro atoms. The molecule has 19 heteroatoms. The number of allylic oxidation sites excluding steroid dienone is 4. The number of carbonyl (C=O) groups is 2. The molecule has 0 heterocycles. The molecule has 0 atom stereocenters. The molecule has 0 bridgehead atoms. The Bertz CT molecular complexity index is 858. The van der Waals surface area contributed by atoms with Gasteiger partial charge in [-0.1, -0.05) is 41.5 Å². The summed E-state index contributed by atoms with van der Waals surface area (Å²) < 4.78 is 172. The van der Waals surface area contributed by atoms with Gasteiger partial charge in [-0.15, -0.1) is 11.5 Å². The molecule has 4 nitrogen and oxygen atoms in total.